The van der Waals surface area contributed by atoms with Crippen LogP contribution in [0.15, 0.2) is 60.8 Å². The van der Waals surface area contributed by atoms with E-state index in [-0.39, 0.29) is 0 Å². The summed E-state index contributed by atoms with van der Waals surface area (Å²) in [6, 6.07) is 16.6. The summed E-state index contributed by atoms with van der Waals surface area (Å²) in [6.07, 6.45) is 4.16. The van der Waals surface area contributed by atoms with Gasteiger partial charge in [0.1, 0.15) is 22.8 Å². The Morgan fingerprint density at radius 1 is 0.943 bits per heavy atom. The highest BCUT2D eigenvalue weighted by Gasteiger charge is 2.47. The van der Waals surface area contributed by atoms with Crippen LogP contribution in [0.5, 0.6) is 11.5 Å². The van der Waals surface area contributed by atoms with Crippen LogP contribution in [-0.2, 0) is 6.54 Å². The molecule has 1 aliphatic heterocycles. The third-order valence-electron chi connectivity index (χ3n) is 7.11. The van der Waals surface area contributed by atoms with Gasteiger partial charge in [-0.25, -0.2) is 4.68 Å². The van der Waals surface area contributed by atoms with E-state index in [1.165, 1.54) is 5.56 Å². The van der Waals surface area contributed by atoms with Crippen molar-refractivity contribution in [2.45, 2.75) is 84.2 Å². The lowest BCUT2D eigenvalue weighted by Gasteiger charge is -2.42. The molecule has 186 valence electrons. The third kappa shape index (κ3) is 5.08. The SMILES string of the molecule is CC(C)[Si](Oc1ccc2c(c1)OC(C)(C)C=C2c1cn(Cc2ccccc2)nn1)(C(C)C)C(C)C. The molecule has 0 bridgehead atoms. The minimum Gasteiger partial charge on any atom is -0.543 e. The lowest BCUT2D eigenvalue weighted by atomic mass is 9.93. The second-order valence-corrected chi connectivity index (χ2v) is 16.5. The van der Waals surface area contributed by atoms with E-state index in [0.29, 0.717) is 23.2 Å². The van der Waals surface area contributed by atoms with E-state index in [2.05, 4.69) is 102 Å². The molecule has 0 saturated carbocycles. The van der Waals surface area contributed by atoms with Crippen LogP contribution in [0, 0.1) is 0 Å². The zero-order valence-corrected chi connectivity index (χ0v) is 23.4. The van der Waals surface area contributed by atoms with Gasteiger partial charge in [-0.2, -0.15) is 0 Å². The summed E-state index contributed by atoms with van der Waals surface area (Å²) in [5.41, 5.74) is 5.16. The Labute approximate surface area is 211 Å². The number of aromatic nitrogens is 3. The summed E-state index contributed by atoms with van der Waals surface area (Å²) < 4.78 is 15.2. The first-order chi connectivity index (χ1) is 16.5. The Balaban J connectivity index is 1.67. The van der Waals surface area contributed by atoms with E-state index < -0.39 is 13.9 Å². The first-order valence-corrected chi connectivity index (χ1v) is 14.9. The van der Waals surface area contributed by atoms with Crippen molar-refractivity contribution in [3.8, 4) is 11.5 Å². The average Bonchev–Trinajstić information content (AvgIpc) is 3.24. The van der Waals surface area contributed by atoms with Gasteiger partial charge in [0.05, 0.1) is 12.7 Å². The highest BCUT2D eigenvalue weighted by atomic mass is 28.4. The number of rotatable bonds is 8. The number of benzene rings is 2. The Kier molecular flexibility index (Phi) is 6.96. The fourth-order valence-electron chi connectivity index (χ4n) is 5.65. The van der Waals surface area contributed by atoms with Gasteiger partial charge in [0, 0.05) is 17.2 Å². The van der Waals surface area contributed by atoms with Crippen LogP contribution >= 0.6 is 0 Å². The number of hydrogen-bond acceptors (Lipinski definition) is 4. The zero-order valence-electron chi connectivity index (χ0n) is 22.4. The predicted octanol–water partition coefficient (Wildman–Crippen LogP) is 7.48. The van der Waals surface area contributed by atoms with Gasteiger partial charge in [-0.15, -0.1) is 5.10 Å². The van der Waals surface area contributed by atoms with Crippen molar-refractivity contribution in [3.05, 3.63) is 77.6 Å². The predicted molar refractivity (Wildman–Crippen MR) is 145 cm³/mol. The summed E-state index contributed by atoms with van der Waals surface area (Å²) in [4.78, 5) is 0. The molecular weight excluding hydrogens is 450 g/mol. The Morgan fingerprint density at radius 2 is 1.60 bits per heavy atom. The van der Waals surface area contributed by atoms with Gasteiger partial charge in [-0.1, -0.05) is 77.1 Å². The van der Waals surface area contributed by atoms with Gasteiger partial charge < -0.3 is 9.16 Å². The molecule has 0 radical (unpaired) electrons. The molecule has 0 aliphatic carbocycles. The van der Waals surface area contributed by atoms with E-state index in [1.54, 1.807) is 0 Å². The van der Waals surface area contributed by atoms with Crippen LogP contribution in [0.2, 0.25) is 16.6 Å². The van der Waals surface area contributed by atoms with E-state index in [9.17, 15) is 0 Å². The fraction of sp³-hybridized carbons (Fsp3) is 0.448. The van der Waals surface area contributed by atoms with Crippen molar-refractivity contribution in [1.29, 1.82) is 0 Å². The minimum absolute atomic E-state index is 0.465. The van der Waals surface area contributed by atoms with Crippen molar-refractivity contribution in [2.24, 2.45) is 0 Å². The third-order valence-corrected chi connectivity index (χ3v) is 13.1. The first kappa shape index (κ1) is 25.2. The summed E-state index contributed by atoms with van der Waals surface area (Å²) in [7, 11) is -2.06. The van der Waals surface area contributed by atoms with E-state index >= 15 is 0 Å². The molecular formula is C29H39N3O2Si. The molecule has 1 aliphatic rings. The van der Waals surface area contributed by atoms with Gasteiger partial charge >= 0.3 is 0 Å². The number of nitrogens with zero attached hydrogens (tertiary/aromatic N) is 3. The van der Waals surface area contributed by atoms with E-state index in [1.807, 2.05) is 29.1 Å². The first-order valence-electron chi connectivity index (χ1n) is 12.7. The van der Waals surface area contributed by atoms with Gasteiger partial charge in [0.25, 0.3) is 8.32 Å². The van der Waals surface area contributed by atoms with Crippen molar-refractivity contribution < 1.29 is 9.16 Å². The van der Waals surface area contributed by atoms with Crippen LogP contribution in [0.4, 0.5) is 0 Å². The number of fused-ring (bicyclic) bond motifs is 1. The van der Waals surface area contributed by atoms with Crippen LogP contribution < -0.4 is 9.16 Å². The van der Waals surface area contributed by atoms with E-state index in [0.717, 1.165) is 28.3 Å². The standard InChI is InChI=1S/C29H39N3O2Si/c1-20(2)35(21(3)4,22(5)6)34-24-14-15-25-26(17-29(7,8)33-28(25)16-24)27-19-32(31-30-27)18-23-12-10-9-11-13-23/h9-17,19-22H,18H2,1-8H3. The molecule has 1 aromatic heterocycles. The highest BCUT2D eigenvalue weighted by molar-refractivity contribution is 6.78. The molecule has 35 heavy (non-hydrogen) atoms. The summed E-state index contributed by atoms with van der Waals surface area (Å²) >= 11 is 0. The minimum atomic E-state index is -2.06. The molecule has 0 unspecified atom stereocenters. The zero-order chi connectivity index (χ0) is 25.4. The van der Waals surface area contributed by atoms with Crippen LogP contribution in [0.3, 0.4) is 0 Å². The maximum absolute atomic E-state index is 6.94. The summed E-state index contributed by atoms with van der Waals surface area (Å²) in [6.45, 7) is 18.7. The Morgan fingerprint density at radius 3 is 2.23 bits per heavy atom. The van der Waals surface area contributed by atoms with E-state index in [4.69, 9.17) is 9.16 Å². The van der Waals surface area contributed by atoms with Crippen molar-refractivity contribution in [2.75, 3.05) is 0 Å². The molecule has 5 nitrogen and oxygen atoms in total. The lowest BCUT2D eigenvalue weighted by molar-refractivity contribution is 0.158. The number of ether oxygens (including phenoxy) is 1. The average molecular weight is 490 g/mol. The lowest BCUT2D eigenvalue weighted by Crippen LogP contribution is -2.50. The topological polar surface area (TPSA) is 49.2 Å². The van der Waals surface area contributed by atoms with Gasteiger partial charge in [-0.05, 0) is 54.2 Å². The summed E-state index contributed by atoms with van der Waals surface area (Å²) in [5.74, 6) is 1.73. The second kappa shape index (κ2) is 9.65. The maximum atomic E-state index is 6.94. The fourth-order valence-corrected chi connectivity index (χ4v) is 10.9. The monoisotopic (exact) mass is 489 g/mol. The molecule has 0 N–H and O–H groups in total. The molecule has 6 heteroatoms. The normalized spacial score (nSPS) is 15.2. The molecule has 0 fully saturated rings. The van der Waals surface area contributed by atoms with Crippen molar-refractivity contribution in [1.82, 2.24) is 15.0 Å². The van der Waals surface area contributed by atoms with Crippen LogP contribution in [0.25, 0.3) is 5.57 Å². The summed E-state index contributed by atoms with van der Waals surface area (Å²) in [5, 5.41) is 8.91. The maximum Gasteiger partial charge on any atom is 0.258 e. The molecule has 0 amide bonds. The smallest absolute Gasteiger partial charge is 0.258 e. The van der Waals surface area contributed by atoms with Gasteiger partial charge in [0.15, 0.2) is 0 Å². The van der Waals surface area contributed by atoms with Crippen molar-refractivity contribution in [3.63, 3.8) is 0 Å². The number of hydrogen-bond donors (Lipinski definition) is 0. The molecule has 0 saturated heterocycles. The largest absolute Gasteiger partial charge is 0.543 e. The molecule has 2 heterocycles. The highest BCUT2D eigenvalue weighted by Crippen LogP contribution is 2.45. The van der Waals surface area contributed by atoms with Crippen LogP contribution in [0.1, 0.15) is 72.2 Å². The molecule has 3 aromatic rings. The van der Waals surface area contributed by atoms with Gasteiger partial charge in [-0.3, -0.25) is 0 Å². The van der Waals surface area contributed by atoms with Gasteiger partial charge in [0.2, 0.25) is 0 Å². The van der Waals surface area contributed by atoms with Crippen molar-refractivity contribution >= 4 is 13.9 Å². The molecule has 0 spiro atoms. The molecule has 4 rings (SSSR count). The van der Waals surface area contributed by atoms with Crippen LogP contribution in [-0.4, -0.2) is 28.9 Å². The molecule has 0 atom stereocenters. The second-order valence-electron chi connectivity index (χ2n) is 11.1. The quantitative estimate of drug-likeness (QED) is 0.308. The molecule has 2 aromatic carbocycles. The Bertz CT molecular complexity index is 1170. The Hall–Kier alpha value is -2.86.